The van der Waals surface area contributed by atoms with E-state index < -0.39 is 16.8 Å². The molecule has 5 heteroatoms. The Kier molecular flexibility index (Phi) is 5.39. The van der Waals surface area contributed by atoms with Crippen LogP contribution < -0.4 is 4.74 Å². The zero-order chi connectivity index (χ0) is 20.0. The summed E-state index contributed by atoms with van der Waals surface area (Å²) in [5, 5.41) is 11.7. The number of halogens is 1. The Labute approximate surface area is 161 Å². The largest absolute Gasteiger partial charge is 0.426 e. The van der Waals surface area contributed by atoms with E-state index in [4.69, 9.17) is 4.74 Å². The van der Waals surface area contributed by atoms with Crippen LogP contribution in [0.4, 0.5) is 4.39 Å². The summed E-state index contributed by atoms with van der Waals surface area (Å²) in [6, 6.07) is 4.30. The fourth-order valence-electron chi connectivity index (χ4n) is 4.81. The number of benzene rings is 1. The Balaban J connectivity index is 1.97. The highest BCUT2D eigenvalue weighted by atomic mass is 19.1. The fraction of sp³-hybridized carbons (Fsp3) is 0.682. The summed E-state index contributed by atoms with van der Waals surface area (Å²) < 4.78 is 20.3. The average molecular weight is 378 g/mol. The molecule has 0 spiro atoms. The minimum Gasteiger partial charge on any atom is -0.426 e. The minimum atomic E-state index is -1.23. The Morgan fingerprint density at radius 2 is 2.04 bits per heavy atom. The quantitative estimate of drug-likeness (QED) is 0.637. The number of ether oxygens (including phenoxy) is 1. The van der Waals surface area contributed by atoms with Gasteiger partial charge in [0.25, 0.3) is 0 Å². The molecule has 2 fully saturated rings. The fourth-order valence-corrected chi connectivity index (χ4v) is 4.81. The first-order chi connectivity index (χ1) is 12.5. The number of esters is 1. The molecule has 0 saturated heterocycles. The van der Waals surface area contributed by atoms with Crippen molar-refractivity contribution in [2.45, 2.75) is 52.1 Å². The van der Waals surface area contributed by atoms with Gasteiger partial charge in [-0.1, -0.05) is 6.42 Å². The van der Waals surface area contributed by atoms with E-state index >= 15 is 0 Å². The van der Waals surface area contributed by atoms with E-state index in [0.29, 0.717) is 30.6 Å². The van der Waals surface area contributed by atoms with Crippen LogP contribution in [-0.4, -0.2) is 36.6 Å². The van der Waals surface area contributed by atoms with Crippen LogP contribution >= 0.6 is 0 Å². The molecule has 0 radical (unpaired) electrons. The van der Waals surface area contributed by atoms with E-state index in [-0.39, 0.29) is 17.5 Å². The Bertz CT molecular complexity index is 712. The van der Waals surface area contributed by atoms with E-state index in [2.05, 4.69) is 4.90 Å². The van der Waals surface area contributed by atoms with Crippen molar-refractivity contribution in [2.24, 2.45) is 23.2 Å². The third-order valence-corrected chi connectivity index (χ3v) is 6.15. The highest BCUT2D eigenvalue weighted by molar-refractivity contribution is 5.77. The summed E-state index contributed by atoms with van der Waals surface area (Å²) in [6.07, 6.45) is 3.86. The molecule has 1 N–H and O–H groups in total. The Morgan fingerprint density at radius 1 is 1.33 bits per heavy atom. The summed E-state index contributed by atoms with van der Waals surface area (Å²) >= 11 is 0. The second-order valence-electron chi connectivity index (χ2n) is 9.72. The standard InChI is InChI=1S/C22H32FNO3/c1-21(2,3)20(25)27-16-8-9-19(23)17(11-16)22(26)12-14-6-7-15(10-14)18(22)13-24(4)5/h8-9,11,14-15,18,26H,6-7,10,12-13H2,1-5H3/t14-,15+,18-,22-/m0/s1. The van der Waals surface area contributed by atoms with Gasteiger partial charge in [-0.25, -0.2) is 4.39 Å². The lowest BCUT2D eigenvalue weighted by Gasteiger charge is -2.45. The molecule has 0 heterocycles. The van der Waals surface area contributed by atoms with Gasteiger partial charge in [0, 0.05) is 18.0 Å². The molecule has 1 aromatic carbocycles. The highest BCUT2D eigenvalue weighted by Gasteiger charge is 2.52. The number of aliphatic hydroxyl groups is 1. The van der Waals surface area contributed by atoms with Crippen molar-refractivity contribution >= 4 is 5.97 Å². The molecule has 150 valence electrons. The van der Waals surface area contributed by atoms with Crippen LogP contribution in [0.1, 0.15) is 52.0 Å². The van der Waals surface area contributed by atoms with Gasteiger partial charge >= 0.3 is 5.97 Å². The van der Waals surface area contributed by atoms with Gasteiger partial charge in [-0.3, -0.25) is 4.79 Å². The lowest BCUT2D eigenvalue weighted by molar-refractivity contribution is -0.143. The van der Waals surface area contributed by atoms with Crippen molar-refractivity contribution < 1.29 is 19.0 Å². The molecule has 0 unspecified atom stereocenters. The van der Waals surface area contributed by atoms with Gasteiger partial charge in [0.05, 0.1) is 11.0 Å². The van der Waals surface area contributed by atoms with E-state index in [0.717, 1.165) is 19.3 Å². The lowest BCUT2D eigenvalue weighted by Crippen LogP contribution is -2.48. The van der Waals surface area contributed by atoms with Crippen LogP contribution in [0.3, 0.4) is 0 Å². The molecule has 2 aliphatic rings. The maximum absolute atomic E-state index is 14.8. The molecular weight excluding hydrogens is 345 g/mol. The van der Waals surface area contributed by atoms with Gasteiger partial charge in [0.1, 0.15) is 11.6 Å². The average Bonchev–Trinajstić information content (AvgIpc) is 2.95. The number of hydrogen-bond donors (Lipinski definition) is 1. The van der Waals surface area contributed by atoms with Crippen LogP contribution in [-0.2, 0) is 10.4 Å². The lowest BCUT2D eigenvalue weighted by atomic mass is 9.65. The SMILES string of the molecule is CN(C)C[C@H]1[C@@H]2CC[C@@H](C2)C[C@]1(O)c1cc(OC(=O)C(C)(C)C)ccc1F. The number of carbonyl (C=O) groups is 1. The van der Waals surface area contributed by atoms with E-state index in [1.807, 2.05) is 14.1 Å². The molecule has 0 aliphatic heterocycles. The zero-order valence-corrected chi connectivity index (χ0v) is 17.1. The number of nitrogens with zero attached hydrogens (tertiary/aromatic N) is 1. The normalized spacial score (nSPS) is 30.6. The van der Waals surface area contributed by atoms with Crippen LogP contribution in [0.2, 0.25) is 0 Å². The van der Waals surface area contributed by atoms with Gasteiger partial charge in [-0.2, -0.15) is 0 Å². The molecule has 27 heavy (non-hydrogen) atoms. The van der Waals surface area contributed by atoms with Crippen LogP contribution in [0.15, 0.2) is 18.2 Å². The molecular formula is C22H32FNO3. The van der Waals surface area contributed by atoms with Gasteiger partial charge in [-0.05, 0) is 84.2 Å². The van der Waals surface area contributed by atoms with Gasteiger partial charge in [0.2, 0.25) is 0 Å². The molecule has 2 saturated carbocycles. The predicted molar refractivity (Wildman–Crippen MR) is 103 cm³/mol. The van der Waals surface area contributed by atoms with Crippen molar-refractivity contribution in [3.05, 3.63) is 29.6 Å². The van der Waals surface area contributed by atoms with Crippen molar-refractivity contribution in [3.8, 4) is 5.75 Å². The van der Waals surface area contributed by atoms with Gasteiger partial charge < -0.3 is 14.7 Å². The summed E-state index contributed by atoms with van der Waals surface area (Å²) in [5.41, 5.74) is -1.61. The van der Waals surface area contributed by atoms with E-state index in [9.17, 15) is 14.3 Å². The van der Waals surface area contributed by atoms with Crippen LogP contribution in [0.25, 0.3) is 0 Å². The first-order valence-corrected chi connectivity index (χ1v) is 9.90. The van der Waals surface area contributed by atoms with Crippen molar-refractivity contribution in [2.75, 3.05) is 20.6 Å². The van der Waals surface area contributed by atoms with Gasteiger partial charge in [0.15, 0.2) is 0 Å². The smallest absolute Gasteiger partial charge is 0.316 e. The molecule has 4 nitrogen and oxygen atoms in total. The first kappa shape index (κ1) is 20.3. The third kappa shape index (κ3) is 4.04. The number of fused-ring (bicyclic) bond motifs is 2. The van der Waals surface area contributed by atoms with E-state index in [1.165, 1.54) is 18.2 Å². The molecule has 0 amide bonds. The van der Waals surface area contributed by atoms with Crippen molar-refractivity contribution in [3.63, 3.8) is 0 Å². The summed E-state index contributed by atoms with van der Waals surface area (Å²) in [5.74, 6) is 0.282. The highest BCUT2D eigenvalue weighted by Crippen LogP contribution is 2.55. The van der Waals surface area contributed by atoms with Crippen LogP contribution in [0.5, 0.6) is 5.75 Å². The van der Waals surface area contributed by atoms with E-state index in [1.54, 1.807) is 20.8 Å². The maximum atomic E-state index is 14.8. The Hall–Kier alpha value is -1.46. The van der Waals surface area contributed by atoms with Crippen molar-refractivity contribution in [1.29, 1.82) is 0 Å². The van der Waals surface area contributed by atoms with Crippen molar-refractivity contribution in [1.82, 2.24) is 4.90 Å². The number of carbonyl (C=O) groups excluding carboxylic acids is 1. The Morgan fingerprint density at radius 3 is 2.67 bits per heavy atom. The second-order valence-corrected chi connectivity index (χ2v) is 9.72. The molecule has 0 aromatic heterocycles. The second kappa shape index (κ2) is 7.17. The minimum absolute atomic E-state index is 0.0330. The monoisotopic (exact) mass is 377 g/mol. The summed E-state index contributed by atoms with van der Waals surface area (Å²) in [4.78, 5) is 14.3. The summed E-state index contributed by atoms with van der Waals surface area (Å²) in [7, 11) is 3.97. The molecule has 2 bridgehead atoms. The first-order valence-electron chi connectivity index (χ1n) is 9.90. The third-order valence-electron chi connectivity index (χ3n) is 6.15. The number of hydrogen-bond acceptors (Lipinski definition) is 4. The maximum Gasteiger partial charge on any atom is 0.316 e. The molecule has 3 rings (SSSR count). The topological polar surface area (TPSA) is 49.8 Å². The predicted octanol–water partition coefficient (Wildman–Crippen LogP) is 3.96. The molecule has 4 atom stereocenters. The molecule has 1 aromatic rings. The van der Waals surface area contributed by atoms with Crippen LogP contribution in [0, 0.1) is 29.0 Å². The number of rotatable bonds is 4. The zero-order valence-electron chi connectivity index (χ0n) is 17.1. The molecule has 2 aliphatic carbocycles. The summed E-state index contributed by atoms with van der Waals surface area (Å²) in [6.45, 7) is 6.04. The van der Waals surface area contributed by atoms with Gasteiger partial charge in [-0.15, -0.1) is 0 Å².